The minimum absolute atomic E-state index is 0.0564. The molecule has 1 heterocycles. The van der Waals surface area contributed by atoms with Gasteiger partial charge in [-0.1, -0.05) is 74.0 Å². The minimum atomic E-state index is -0.0825. The molecule has 0 fully saturated rings. The zero-order valence-corrected chi connectivity index (χ0v) is 16.8. The molecule has 0 amide bonds. The molecule has 1 N–H and O–H groups in total. The van der Waals surface area contributed by atoms with E-state index < -0.39 is 0 Å². The second-order valence-corrected chi connectivity index (χ2v) is 9.06. The summed E-state index contributed by atoms with van der Waals surface area (Å²) in [5.74, 6) is 0.238. The second kappa shape index (κ2) is 6.22. The van der Waals surface area contributed by atoms with Crippen molar-refractivity contribution in [2.45, 2.75) is 32.7 Å². The van der Waals surface area contributed by atoms with Gasteiger partial charge in [-0.25, -0.2) is 0 Å². The average Bonchev–Trinajstić information content (AvgIpc) is 2.66. The Morgan fingerprint density at radius 1 is 0.964 bits per heavy atom. The molecule has 3 aromatic rings. The van der Waals surface area contributed by atoms with Crippen molar-refractivity contribution in [2.24, 2.45) is 5.41 Å². The predicted molar refractivity (Wildman–Crippen MR) is 117 cm³/mol. The van der Waals surface area contributed by atoms with Crippen LogP contribution in [-0.4, -0.2) is 5.78 Å². The van der Waals surface area contributed by atoms with Gasteiger partial charge in [0.15, 0.2) is 5.78 Å². The third kappa shape index (κ3) is 2.67. The molecule has 2 nitrogen and oxygen atoms in total. The first-order valence-electron chi connectivity index (χ1n) is 9.74. The molecule has 1 aliphatic carbocycles. The summed E-state index contributed by atoms with van der Waals surface area (Å²) in [6, 6.07) is 20.4. The molecule has 28 heavy (non-hydrogen) atoms. The van der Waals surface area contributed by atoms with E-state index in [0.29, 0.717) is 6.42 Å². The molecule has 5 rings (SSSR count). The second-order valence-electron chi connectivity index (χ2n) is 8.65. The lowest BCUT2D eigenvalue weighted by molar-refractivity contribution is -0.116. The number of halogens is 1. The fourth-order valence-electron chi connectivity index (χ4n) is 4.79. The van der Waals surface area contributed by atoms with E-state index in [2.05, 4.69) is 49.5 Å². The van der Waals surface area contributed by atoms with E-state index in [-0.39, 0.29) is 17.2 Å². The van der Waals surface area contributed by atoms with Crippen molar-refractivity contribution in [2.75, 3.05) is 5.32 Å². The van der Waals surface area contributed by atoms with E-state index in [1.54, 1.807) is 0 Å². The van der Waals surface area contributed by atoms with Crippen LogP contribution in [0.15, 0.2) is 66.2 Å². The van der Waals surface area contributed by atoms with E-state index in [0.717, 1.165) is 44.6 Å². The predicted octanol–water partition coefficient (Wildman–Crippen LogP) is 6.80. The highest BCUT2D eigenvalue weighted by atomic mass is 35.5. The smallest absolute Gasteiger partial charge is 0.164 e. The van der Waals surface area contributed by atoms with Crippen LogP contribution >= 0.6 is 11.6 Å². The third-order valence-corrected chi connectivity index (χ3v) is 6.30. The Morgan fingerprint density at radius 3 is 2.54 bits per heavy atom. The number of rotatable bonds is 1. The third-order valence-electron chi connectivity index (χ3n) is 5.95. The van der Waals surface area contributed by atoms with Gasteiger partial charge in [0.05, 0.1) is 6.04 Å². The lowest BCUT2D eigenvalue weighted by Crippen LogP contribution is -2.32. The number of carbonyl (C=O) groups excluding carboxylic acids is 1. The summed E-state index contributed by atoms with van der Waals surface area (Å²) >= 11 is 6.57. The van der Waals surface area contributed by atoms with Gasteiger partial charge in [-0.2, -0.15) is 0 Å². The quantitative estimate of drug-likeness (QED) is 0.497. The number of allylic oxidation sites excluding steroid dienone is 1. The van der Waals surface area contributed by atoms with E-state index in [1.807, 2.05) is 30.3 Å². The van der Waals surface area contributed by atoms with Gasteiger partial charge in [-0.15, -0.1) is 0 Å². The number of benzene rings is 3. The molecular weight excluding hydrogens is 366 g/mol. The maximum Gasteiger partial charge on any atom is 0.164 e. The standard InChI is InChI=1S/C25H22ClNO/c1-25(2)13-18-23(21(28)14-25)22-16-8-4-3-7-15(16)11-12-20(22)27-24(18)17-9-5-6-10-19(17)26/h3-12,24,27H,13-14H2,1-2H3. The maximum absolute atomic E-state index is 13.4. The summed E-state index contributed by atoms with van der Waals surface area (Å²) in [4.78, 5) is 13.4. The summed E-state index contributed by atoms with van der Waals surface area (Å²) in [7, 11) is 0. The molecule has 1 unspecified atom stereocenters. The Bertz CT molecular complexity index is 1160. The number of nitrogens with one attached hydrogen (secondary N) is 1. The molecular formula is C25H22ClNO. The Labute approximate surface area is 170 Å². The SMILES string of the molecule is CC1(C)CC(=O)C2=C(C1)C(c1ccccc1Cl)Nc1ccc3ccccc3c12. The summed E-state index contributed by atoms with van der Waals surface area (Å²) in [5.41, 5.74) is 5.10. The molecule has 3 aromatic carbocycles. The number of ketones is 1. The monoisotopic (exact) mass is 387 g/mol. The van der Waals surface area contributed by atoms with Crippen LogP contribution < -0.4 is 5.32 Å². The van der Waals surface area contributed by atoms with Crippen LogP contribution in [0.4, 0.5) is 5.69 Å². The van der Waals surface area contributed by atoms with Crippen LogP contribution in [-0.2, 0) is 4.79 Å². The average molecular weight is 388 g/mol. The van der Waals surface area contributed by atoms with Gasteiger partial charge in [0.1, 0.15) is 0 Å². The van der Waals surface area contributed by atoms with E-state index >= 15 is 0 Å². The number of hydrogen-bond acceptors (Lipinski definition) is 2. The molecule has 0 saturated heterocycles. The van der Waals surface area contributed by atoms with Gasteiger partial charge < -0.3 is 5.32 Å². The van der Waals surface area contributed by atoms with Gasteiger partial charge in [0, 0.05) is 28.3 Å². The van der Waals surface area contributed by atoms with Gasteiger partial charge in [-0.05, 0) is 45.9 Å². The molecule has 0 radical (unpaired) electrons. The van der Waals surface area contributed by atoms with Gasteiger partial charge in [-0.3, -0.25) is 4.79 Å². The highest BCUT2D eigenvalue weighted by molar-refractivity contribution is 6.32. The van der Waals surface area contributed by atoms with Crippen molar-refractivity contribution in [1.29, 1.82) is 0 Å². The van der Waals surface area contributed by atoms with Crippen molar-refractivity contribution in [3.05, 3.63) is 82.4 Å². The van der Waals surface area contributed by atoms with Crippen LogP contribution in [0.2, 0.25) is 5.02 Å². The first-order valence-corrected chi connectivity index (χ1v) is 10.1. The molecule has 140 valence electrons. The Hall–Kier alpha value is -2.58. The topological polar surface area (TPSA) is 29.1 Å². The van der Waals surface area contributed by atoms with Crippen molar-refractivity contribution in [3.63, 3.8) is 0 Å². The van der Waals surface area contributed by atoms with E-state index in [1.165, 1.54) is 5.57 Å². The molecule has 0 saturated carbocycles. The molecule has 1 atom stereocenters. The Morgan fingerprint density at radius 2 is 1.71 bits per heavy atom. The fourth-order valence-corrected chi connectivity index (χ4v) is 5.04. The number of fused-ring (bicyclic) bond motifs is 4. The van der Waals surface area contributed by atoms with Crippen LogP contribution in [0.3, 0.4) is 0 Å². The van der Waals surface area contributed by atoms with Gasteiger partial charge in [0.2, 0.25) is 0 Å². The first-order chi connectivity index (χ1) is 13.4. The normalized spacial score (nSPS) is 20.5. The first kappa shape index (κ1) is 17.5. The van der Waals surface area contributed by atoms with E-state index in [9.17, 15) is 4.79 Å². The minimum Gasteiger partial charge on any atom is -0.374 e. The summed E-state index contributed by atoms with van der Waals surface area (Å²) < 4.78 is 0. The molecule has 1 aliphatic heterocycles. The van der Waals surface area contributed by atoms with Gasteiger partial charge >= 0.3 is 0 Å². The van der Waals surface area contributed by atoms with Crippen LogP contribution in [0.1, 0.15) is 43.9 Å². The van der Waals surface area contributed by atoms with E-state index in [4.69, 9.17) is 11.6 Å². The molecule has 0 spiro atoms. The van der Waals surface area contributed by atoms with Gasteiger partial charge in [0.25, 0.3) is 0 Å². The highest BCUT2D eigenvalue weighted by Crippen LogP contribution is 2.52. The number of hydrogen-bond donors (Lipinski definition) is 1. The van der Waals surface area contributed by atoms with Crippen molar-refractivity contribution < 1.29 is 4.79 Å². The summed E-state index contributed by atoms with van der Waals surface area (Å²) in [5, 5.41) is 6.72. The number of Topliss-reactive ketones (excluding diaryl/α,β-unsaturated/α-hetero) is 1. The van der Waals surface area contributed by atoms with Crippen molar-refractivity contribution in [1.82, 2.24) is 0 Å². The lowest BCUT2D eigenvalue weighted by Gasteiger charge is -2.40. The lowest BCUT2D eigenvalue weighted by atomic mass is 9.68. The zero-order chi connectivity index (χ0) is 19.5. The summed E-state index contributed by atoms with van der Waals surface area (Å²) in [6.07, 6.45) is 1.45. The number of carbonyl (C=O) groups is 1. The van der Waals surface area contributed by atoms with Crippen LogP contribution in [0, 0.1) is 5.41 Å². The maximum atomic E-state index is 13.4. The molecule has 0 bridgehead atoms. The molecule has 3 heteroatoms. The fraction of sp³-hybridized carbons (Fsp3) is 0.240. The number of anilines is 1. The Balaban J connectivity index is 1.83. The largest absolute Gasteiger partial charge is 0.374 e. The Kier molecular flexibility index (Phi) is 3.89. The van der Waals surface area contributed by atoms with Crippen molar-refractivity contribution >= 4 is 39.4 Å². The molecule has 2 aliphatic rings. The highest BCUT2D eigenvalue weighted by Gasteiger charge is 2.40. The van der Waals surface area contributed by atoms with Crippen LogP contribution in [0.5, 0.6) is 0 Å². The van der Waals surface area contributed by atoms with Crippen molar-refractivity contribution in [3.8, 4) is 0 Å². The zero-order valence-electron chi connectivity index (χ0n) is 16.1. The summed E-state index contributed by atoms with van der Waals surface area (Å²) in [6.45, 7) is 4.36. The molecule has 0 aromatic heterocycles. The van der Waals surface area contributed by atoms with Crippen LogP contribution in [0.25, 0.3) is 16.3 Å².